The molecule has 4 nitrogen and oxygen atoms in total. The molecular formula is C18H20ClF3N2O2. The molecule has 142 valence electrons. The Hall–Kier alpha value is -2.25. The molecule has 2 aromatic rings. The summed E-state index contributed by atoms with van der Waals surface area (Å²) >= 11 is 0. The maximum absolute atomic E-state index is 12.7. The van der Waals surface area contributed by atoms with Crippen molar-refractivity contribution in [1.82, 2.24) is 5.32 Å². The molecule has 0 aromatic heterocycles. The molecule has 0 bridgehead atoms. The zero-order valence-electron chi connectivity index (χ0n) is 14.2. The first-order chi connectivity index (χ1) is 11.7. The topological polar surface area (TPSA) is 64.3 Å². The summed E-state index contributed by atoms with van der Waals surface area (Å²) in [6.45, 7) is 1.53. The minimum Gasteiger partial charge on any atom is -0.497 e. The van der Waals surface area contributed by atoms with Crippen molar-refractivity contribution in [1.29, 1.82) is 0 Å². The van der Waals surface area contributed by atoms with Gasteiger partial charge in [0.2, 0.25) is 5.91 Å². The van der Waals surface area contributed by atoms with Crippen molar-refractivity contribution >= 4 is 18.3 Å². The number of hydrogen-bond acceptors (Lipinski definition) is 3. The second-order valence-corrected chi connectivity index (χ2v) is 5.62. The average molecular weight is 389 g/mol. The number of rotatable bonds is 5. The molecule has 0 radical (unpaired) electrons. The Bertz CT molecular complexity index is 717. The van der Waals surface area contributed by atoms with E-state index in [-0.39, 0.29) is 12.4 Å². The number of halogens is 4. The Morgan fingerprint density at radius 1 is 1.04 bits per heavy atom. The Kier molecular flexibility index (Phi) is 7.47. The fraction of sp³-hybridized carbons (Fsp3) is 0.278. The zero-order valence-corrected chi connectivity index (χ0v) is 15.0. The molecule has 3 N–H and O–H groups in total. The van der Waals surface area contributed by atoms with Crippen molar-refractivity contribution in [3.05, 3.63) is 65.2 Å². The molecule has 8 heteroatoms. The van der Waals surface area contributed by atoms with Crippen LogP contribution < -0.4 is 15.8 Å². The second kappa shape index (κ2) is 8.91. The number of nitrogens with one attached hydrogen (secondary N) is 1. The Morgan fingerprint density at radius 3 is 1.88 bits per heavy atom. The standard InChI is InChI=1S/C18H19F3N2O2.ClH/c1-11(22)17(24)23-16(13-5-9-15(25-2)10-6-13)12-3-7-14(8-4-12)18(19,20)21;/h3-11,16H,22H2,1-2H3,(H,23,24);1H. The van der Waals surface area contributed by atoms with Crippen molar-refractivity contribution < 1.29 is 22.7 Å². The zero-order chi connectivity index (χ0) is 18.6. The van der Waals surface area contributed by atoms with Gasteiger partial charge in [0, 0.05) is 0 Å². The summed E-state index contributed by atoms with van der Waals surface area (Å²) in [4.78, 5) is 12.0. The summed E-state index contributed by atoms with van der Waals surface area (Å²) in [6.07, 6.45) is -4.41. The Balaban J connectivity index is 0.00000338. The first-order valence-corrected chi connectivity index (χ1v) is 7.59. The van der Waals surface area contributed by atoms with Gasteiger partial charge >= 0.3 is 6.18 Å². The van der Waals surface area contributed by atoms with Crippen molar-refractivity contribution in [3.8, 4) is 5.75 Å². The molecular weight excluding hydrogens is 369 g/mol. The van der Waals surface area contributed by atoms with Gasteiger partial charge in [0.15, 0.2) is 0 Å². The van der Waals surface area contributed by atoms with Gasteiger partial charge in [-0.1, -0.05) is 24.3 Å². The number of carbonyl (C=O) groups excluding carboxylic acids is 1. The second-order valence-electron chi connectivity index (χ2n) is 5.62. The van der Waals surface area contributed by atoms with Crippen molar-refractivity contribution in [3.63, 3.8) is 0 Å². The van der Waals surface area contributed by atoms with Crippen LogP contribution in [0.5, 0.6) is 5.75 Å². The maximum atomic E-state index is 12.7. The maximum Gasteiger partial charge on any atom is 0.416 e. The van der Waals surface area contributed by atoms with E-state index in [2.05, 4.69) is 5.32 Å². The van der Waals surface area contributed by atoms with Crippen LogP contribution in [0.1, 0.15) is 29.7 Å². The third kappa shape index (κ3) is 5.37. The molecule has 2 atom stereocenters. The average Bonchev–Trinajstić information content (AvgIpc) is 2.59. The lowest BCUT2D eigenvalue weighted by Crippen LogP contribution is -2.40. The van der Waals surface area contributed by atoms with Gasteiger partial charge in [0.25, 0.3) is 0 Å². The third-order valence-corrected chi connectivity index (χ3v) is 3.72. The van der Waals surface area contributed by atoms with Gasteiger partial charge in [0.1, 0.15) is 5.75 Å². The normalized spacial score (nSPS) is 13.3. The summed E-state index contributed by atoms with van der Waals surface area (Å²) in [5.41, 5.74) is 6.06. The van der Waals surface area contributed by atoms with E-state index in [1.54, 1.807) is 24.3 Å². The fourth-order valence-electron chi connectivity index (χ4n) is 2.29. The van der Waals surface area contributed by atoms with Crippen LogP contribution in [0.3, 0.4) is 0 Å². The lowest BCUT2D eigenvalue weighted by atomic mass is 9.97. The summed E-state index contributed by atoms with van der Waals surface area (Å²) in [7, 11) is 1.53. The smallest absolute Gasteiger partial charge is 0.416 e. The van der Waals surface area contributed by atoms with Crippen molar-refractivity contribution in [2.24, 2.45) is 5.73 Å². The number of amides is 1. The lowest BCUT2D eigenvalue weighted by Gasteiger charge is -2.22. The summed E-state index contributed by atoms with van der Waals surface area (Å²) in [5, 5.41) is 2.76. The SMILES string of the molecule is COc1ccc(C(NC(=O)C(C)N)c2ccc(C(F)(F)F)cc2)cc1.Cl. The van der Waals surface area contributed by atoms with Crippen LogP contribution in [0.15, 0.2) is 48.5 Å². The monoisotopic (exact) mass is 388 g/mol. The van der Waals surface area contributed by atoms with Crippen molar-refractivity contribution in [2.75, 3.05) is 7.11 Å². The van der Waals surface area contributed by atoms with Gasteiger partial charge < -0.3 is 15.8 Å². The quantitative estimate of drug-likeness (QED) is 0.821. The number of alkyl halides is 3. The van der Waals surface area contributed by atoms with Crippen LogP contribution in [-0.2, 0) is 11.0 Å². The lowest BCUT2D eigenvalue weighted by molar-refractivity contribution is -0.137. The highest BCUT2D eigenvalue weighted by Gasteiger charge is 2.30. The third-order valence-electron chi connectivity index (χ3n) is 3.72. The molecule has 2 unspecified atom stereocenters. The van der Waals surface area contributed by atoms with Crippen molar-refractivity contribution in [2.45, 2.75) is 25.2 Å². The highest BCUT2D eigenvalue weighted by Crippen LogP contribution is 2.31. The predicted octanol–water partition coefficient (Wildman–Crippen LogP) is 3.69. The predicted molar refractivity (Wildman–Crippen MR) is 95.3 cm³/mol. The van der Waals surface area contributed by atoms with E-state index in [1.807, 2.05) is 0 Å². The van der Waals surface area contributed by atoms with Crippen LogP contribution in [0.25, 0.3) is 0 Å². The molecule has 2 rings (SSSR count). The molecule has 0 aliphatic carbocycles. The molecule has 0 heterocycles. The Labute approximate surface area is 155 Å². The van der Waals surface area contributed by atoms with Gasteiger partial charge in [-0.3, -0.25) is 4.79 Å². The number of benzene rings is 2. The molecule has 0 aliphatic rings. The number of methoxy groups -OCH3 is 1. The molecule has 1 amide bonds. The van der Waals surface area contributed by atoms with Gasteiger partial charge in [-0.15, -0.1) is 12.4 Å². The number of ether oxygens (including phenoxy) is 1. The summed E-state index contributed by atoms with van der Waals surface area (Å²) < 4.78 is 43.3. The molecule has 0 aliphatic heterocycles. The van der Waals surface area contributed by atoms with Crippen LogP contribution in [0.2, 0.25) is 0 Å². The highest BCUT2D eigenvalue weighted by atomic mass is 35.5. The Morgan fingerprint density at radius 2 is 1.50 bits per heavy atom. The van der Waals surface area contributed by atoms with Crippen LogP contribution in [0.4, 0.5) is 13.2 Å². The van der Waals surface area contributed by atoms with Gasteiger partial charge in [0.05, 0.1) is 24.8 Å². The summed E-state index contributed by atoms with van der Waals surface area (Å²) in [6, 6.07) is 10.2. The molecule has 26 heavy (non-hydrogen) atoms. The molecule has 0 saturated carbocycles. The first-order valence-electron chi connectivity index (χ1n) is 7.59. The summed E-state index contributed by atoms with van der Waals surface area (Å²) in [5.74, 6) is 0.231. The van der Waals surface area contributed by atoms with E-state index in [0.29, 0.717) is 16.9 Å². The van der Waals surface area contributed by atoms with Gasteiger partial charge in [-0.25, -0.2) is 0 Å². The van der Waals surface area contributed by atoms with E-state index in [4.69, 9.17) is 10.5 Å². The van der Waals surface area contributed by atoms with Gasteiger partial charge in [-0.05, 0) is 42.3 Å². The van der Waals surface area contributed by atoms with E-state index in [9.17, 15) is 18.0 Å². The van der Waals surface area contributed by atoms with E-state index in [0.717, 1.165) is 12.1 Å². The van der Waals surface area contributed by atoms with E-state index >= 15 is 0 Å². The van der Waals surface area contributed by atoms with Crippen LogP contribution in [0, 0.1) is 0 Å². The number of carbonyl (C=O) groups is 1. The fourth-order valence-corrected chi connectivity index (χ4v) is 2.29. The molecule has 2 aromatic carbocycles. The molecule has 0 fully saturated rings. The van der Waals surface area contributed by atoms with Crippen LogP contribution in [-0.4, -0.2) is 19.1 Å². The largest absolute Gasteiger partial charge is 0.497 e. The minimum absolute atomic E-state index is 0. The number of hydrogen-bond donors (Lipinski definition) is 2. The first kappa shape index (κ1) is 21.8. The van der Waals surface area contributed by atoms with Gasteiger partial charge in [-0.2, -0.15) is 13.2 Å². The van der Waals surface area contributed by atoms with E-state index < -0.39 is 29.7 Å². The number of nitrogens with two attached hydrogens (primary N) is 1. The minimum atomic E-state index is -4.41. The van der Waals surface area contributed by atoms with Crippen LogP contribution >= 0.6 is 12.4 Å². The molecule has 0 saturated heterocycles. The highest BCUT2D eigenvalue weighted by molar-refractivity contribution is 5.85. The molecule has 0 spiro atoms. The van der Waals surface area contributed by atoms with E-state index in [1.165, 1.54) is 26.2 Å².